The molecule has 9 heteroatoms. The monoisotopic (exact) mass is 403 g/mol. The van der Waals surface area contributed by atoms with Gasteiger partial charge in [0, 0.05) is 6.42 Å². The van der Waals surface area contributed by atoms with Crippen LogP contribution in [0.25, 0.3) is 0 Å². The number of hydrogen-bond acceptors (Lipinski definition) is 6. The molecule has 0 bridgehead atoms. The van der Waals surface area contributed by atoms with Gasteiger partial charge >= 0.3 is 41.5 Å². The zero-order valence-corrected chi connectivity index (χ0v) is 19.1. The van der Waals surface area contributed by atoms with E-state index in [9.17, 15) is 18.0 Å². The van der Waals surface area contributed by atoms with Gasteiger partial charge in [-0.25, -0.2) is 4.79 Å². The molecule has 0 amide bonds. The van der Waals surface area contributed by atoms with Gasteiger partial charge in [0.05, 0.1) is 0 Å². The number of esters is 2. The Balaban J connectivity index is -0.00000288. The van der Waals surface area contributed by atoms with E-state index >= 15 is 0 Å². The molecule has 0 rings (SSSR count). The second-order valence-electron chi connectivity index (χ2n) is 6.43. The largest absolute Gasteiger partial charge is 1.00 e. The van der Waals surface area contributed by atoms with E-state index in [-0.39, 0.29) is 37.4 Å². The number of hydrogen-bond donors (Lipinski definition) is 2. The number of unbranched alkanes of at least 4 members (excludes halogenated alkanes) is 10. The van der Waals surface area contributed by atoms with Crippen LogP contribution in [-0.4, -0.2) is 36.7 Å². The third kappa shape index (κ3) is 18.8. The molecule has 0 heterocycles. The third-order valence-corrected chi connectivity index (χ3v) is 4.67. The van der Waals surface area contributed by atoms with Gasteiger partial charge in [-0.2, -0.15) is 8.42 Å². The molecule has 1 atom stereocenters. The van der Waals surface area contributed by atoms with E-state index < -0.39 is 33.9 Å². The third-order valence-electron chi connectivity index (χ3n) is 3.89. The van der Waals surface area contributed by atoms with E-state index in [1.165, 1.54) is 44.9 Å². The summed E-state index contributed by atoms with van der Waals surface area (Å²) in [5.41, 5.74) is 5.25. The van der Waals surface area contributed by atoms with Crippen LogP contribution in [0, 0.1) is 0 Å². The van der Waals surface area contributed by atoms with Gasteiger partial charge in [0.1, 0.15) is 11.8 Å². The molecule has 0 aliphatic heterocycles. The van der Waals surface area contributed by atoms with Gasteiger partial charge in [0.15, 0.2) is 0 Å². The Labute approximate surface area is 181 Å². The molecule has 150 valence electrons. The second-order valence-corrected chi connectivity index (χ2v) is 7.93. The first-order valence-electron chi connectivity index (χ1n) is 9.21. The normalized spacial score (nSPS) is 12.3. The summed E-state index contributed by atoms with van der Waals surface area (Å²) in [7, 11) is -4.38. The minimum absolute atomic E-state index is 0. The maximum atomic E-state index is 11.5. The fourth-order valence-electron chi connectivity index (χ4n) is 2.47. The Morgan fingerprint density at radius 2 is 1.38 bits per heavy atom. The predicted molar refractivity (Wildman–Crippen MR) is 97.7 cm³/mol. The van der Waals surface area contributed by atoms with Crippen molar-refractivity contribution in [2.24, 2.45) is 5.73 Å². The maximum absolute atomic E-state index is 11.5. The van der Waals surface area contributed by atoms with Gasteiger partial charge < -0.3 is 11.9 Å². The Morgan fingerprint density at radius 3 is 1.81 bits per heavy atom. The minimum Gasteiger partial charge on any atom is -1.00 e. The summed E-state index contributed by atoms with van der Waals surface area (Å²) in [5.74, 6) is -2.81. The van der Waals surface area contributed by atoms with Gasteiger partial charge in [-0.05, 0) is 6.42 Å². The Morgan fingerprint density at radius 1 is 0.962 bits per heavy atom. The molecule has 7 nitrogen and oxygen atoms in total. The molecular weight excluding hydrogens is 369 g/mol. The van der Waals surface area contributed by atoms with E-state index in [4.69, 9.17) is 10.3 Å². The standard InChI is InChI=1S/C17H33NO6S.Na.H/c1-2-3-4-5-6-7-8-9-10-11-12-13-16(19)24-17(20)15(18)14-25(21,22)23;;/h15H,2-14,18H2,1H3,(H,21,22,23);;/q;+1;-1/t15-;;/m1../s1. The van der Waals surface area contributed by atoms with Crippen LogP contribution in [0.5, 0.6) is 0 Å². The van der Waals surface area contributed by atoms with Crippen LogP contribution >= 0.6 is 0 Å². The van der Waals surface area contributed by atoms with Crippen molar-refractivity contribution in [3.63, 3.8) is 0 Å². The van der Waals surface area contributed by atoms with Gasteiger partial charge in [-0.1, -0.05) is 71.1 Å². The first kappa shape index (κ1) is 28.2. The van der Waals surface area contributed by atoms with Crippen molar-refractivity contribution in [1.29, 1.82) is 0 Å². The molecule has 0 aromatic heterocycles. The summed E-state index contributed by atoms with van der Waals surface area (Å²) >= 11 is 0. The molecule has 3 N–H and O–H groups in total. The van der Waals surface area contributed by atoms with Crippen LogP contribution in [0.2, 0.25) is 0 Å². The molecule has 0 aromatic carbocycles. The minimum atomic E-state index is -4.38. The Hall–Kier alpha value is 0.01000. The fourth-order valence-corrected chi connectivity index (χ4v) is 3.06. The average Bonchev–Trinajstić information content (AvgIpc) is 2.50. The molecule has 0 aliphatic carbocycles. The van der Waals surface area contributed by atoms with Crippen LogP contribution in [0.4, 0.5) is 0 Å². The molecule has 0 spiro atoms. The molecule has 0 aliphatic rings. The zero-order valence-electron chi connectivity index (χ0n) is 17.2. The van der Waals surface area contributed by atoms with Crippen molar-refractivity contribution < 1.29 is 58.3 Å². The Bertz CT molecular complexity index is 490. The first-order chi connectivity index (χ1) is 11.8. The summed E-state index contributed by atoms with van der Waals surface area (Å²) in [4.78, 5) is 22.9. The molecular formula is C17H34NNaO6S. The Kier molecular flexibility index (Phi) is 18.6. The van der Waals surface area contributed by atoms with Crippen LogP contribution in [0.3, 0.4) is 0 Å². The van der Waals surface area contributed by atoms with Crippen molar-refractivity contribution in [3.05, 3.63) is 0 Å². The molecule has 0 fully saturated rings. The number of nitrogens with two attached hydrogens (primary N) is 1. The van der Waals surface area contributed by atoms with Crippen molar-refractivity contribution in [3.8, 4) is 0 Å². The molecule has 0 saturated carbocycles. The number of carbonyl (C=O) groups excluding carboxylic acids is 2. The second kappa shape index (κ2) is 17.1. The van der Waals surface area contributed by atoms with Crippen molar-refractivity contribution in [1.82, 2.24) is 0 Å². The summed E-state index contributed by atoms with van der Waals surface area (Å²) in [6, 6.07) is -1.56. The molecule has 0 aromatic rings. The van der Waals surface area contributed by atoms with E-state index in [0.717, 1.165) is 19.3 Å². The van der Waals surface area contributed by atoms with Crippen LogP contribution in [0.1, 0.15) is 85.4 Å². The molecule has 0 saturated heterocycles. The van der Waals surface area contributed by atoms with E-state index in [0.29, 0.717) is 6.42 Å². The molecule has 0 unspecified atom stereocenters. The van der Waals surface area contributed by atoms with Crippen LogP contribution in [0.15, 0.2) is 0 Å². The molecule has 0 radical (unpaired) electrons. The van der Waals surface area contributed by atoms with Crippen molar-refractivity contribution in [2.75, 3.05) is 5.75 Å². The molecule has 26 heavy (non-hydrogen) atoms. The SMILES string of the molecule is CCCCCCCCCCCCCC(=O)OC(=O)[C@H](N)CS(=O)(=O)O.[H-].[Na+]. The van der Waals surface area contributed by atoms with Crippen LogP contribution in [-0.2, 0) is 24.4 Å². The number of rotatable bonds is 15. The summed E-state index contributed by atoms with van der Waals surface area (Å²) < 4.78 is 34.3. The van der Waals surface area contributed by atoms with E-state index in [1.807, 2.05) is 0 Å². The number of carbonyl (C=O) groups is 2. The van der Waals surface area contributed by atoms with Crippen molar-refractivity contribution in [2.45, 2.75) is 90.0 Å². The zero-order chi connectivity index (χ0) is 19.1. The quantitative estimate of drug-likeness (QED) is 0.131. The van der Waals surface area contributed by atoms with Gasteiger partial charge in [0.2, 0.25) is 0 Å². The topological polar surface area (TPSA) is 124 Å². The summed E-state index contributed by atoms with van der Waals surface area (Å²) in [6.45, 7) is 2.21. The smallest absolute Gasteiger partial charge is 1.00 e. The van der Waals surface area contributed by atoms with E-state index in [1.54, 1.807) is 0 Å². The van der Waals surface area contributed by atoms with Crippen LogP contribution < -0.4 is 35.3 Å². The summed E-state index contributed by atoms with van der Waals surface area (Å²) in [6.07, 6.45) is 12.8. The average molecular weight is 404 g/mol. The van der Waals surface area contributed by atoms with E-state index in [2.05, 4.69) is 11.7 Å². The van der Waals surface area contributed by atoms with Gasteiger partial charge in [-0.3, -0.25) is 9.35 Å². The van der Waals surface area contributed by atoms with Crippen molar-refractivity contribution >= 4 is 22.1 Å². The summed E-state index contributed by atoms with van der Waals surface area (Å²) in [5, 5.41) is 0. The fraction of sp³-hybridized carbons (Fsp3) is 0.882. The van der Waals surface area contributed by atoms with Gasteiger partial charge in [0.25, 0.3) is 10.1 Å². The first-order valence-corrected chi connectivity index (χ1v) is 10.8. The van der Waals surface area contributed by atoms with Gasteiger partial charge in [-0.15, -0.1) is 0 Å². The maximum Gasteiger partial charge on any atom is 1.00 e. The number of ether oxygens (including phenoxy) is 1. The predicted octanol–water partition coefficient (Wildman–Crippen LogP) is 0.0889.